The fraction of sp³-hybridized carbons (Fsp3) is 0.455. The first kappa shape index (κ1) is 37.1. The molecule has 0 saturated carbocycles. The maximum atomic E-state index is 13.3. The van der Waals surface area contributed by atoms with Gasteiger partial charge in [0, 0.05) is 20.1 Å². The summed E-state index contributed by atoms with van der Waals surface area (Å²) in [5.41, 5.74) is 2.84. The molecule has 45 heavy (non-hydrogen) atoms. The van der Waals surface area contributed by atoms with Crippen molar-refractivity contribution < 1.29 is 27.9 Å². The van der Waals surface area contributed by atoms with Crippen LogP contribution in [0.3, 0.4) is 0 Å². The number of carbonyl (C=O) groups is 3. The molecule has 244 valence electrons. The first-order valence-corrected chi connectivity index (χ1v) is 16.4. The molecule has 2 aromatic rings. The van der Waals surface area contributed by atoms with Crippen molar-refractivity contribution in [3.05, 3.63) is 76.9 Å². The van der Waals surface area contributed by atoms with E-state index in [9.17, 15) is 33.2 Å². The zero-order valence-corrected chi connectivity index (χ0v) is 27.6. The summed E-state index contributed by atoms with van der Waals surface area (Å²) >= 11 is 0. The molecule has 0 saturated heterocycles. The summed E-state index contributed by atoms with van der Waals surface area (Å²) in [4.78, 5) is 40.6. The number of allylic oxidation sites excluding steroid dienone is 1. The van der Waals surface area contributed by atoms with E-state index in [-0.39, 0.29) is 29.4 Å². The molecule has 3 amide bonds. The predicted molar refractivity (Wildman–Crippen MR) is 172 cm³/mol. The van der Waals surface area contributed by atoms with Gasteiger partial charge in [-0.15, -0.1) is 0 Å². The largest absolute Gasteiger partial charge is 0.391 e. The molecular formula is C33H45N5O6S. The molecule has 0 aliphatic rings. The third-order valence-electron chi connectivity index (χ3n) is 7.03. The van der Waals surface area contributed by atoms with Gasteiger partial charge in [-0.2, -0.15) is 9.98 Å². The molecule has 0 aliphatic heterocycles. The average Bonchev–Trinajstić information content (AvgIpc) is 2.99. The monoisotopic (exact) mass is 639 g/mol. The molecule has 2 aromatic carbocycles. The minimum Gasteiger partial charge on any atom is -0.391 e. The van der Waals surface area contributed by atoms with Gasteiger partial charge in [0.05, 0.1) is 11.0 Å². The van der Waals surface area contributed by atoms with Crippen molar-refractivity contribution >= 4 is 27.7 Å². The second-order valence-electron chi connectivity index (χ2n) is 11.6. The third kappa shape index (κ3) is 12.1. The molecule has 0 bridgehead atoms. The molecule has 3 atom stereocenters. The number of aliphatic hydroxyl groups is 1. The maximum Gasteiger partial charge on any atom is 0.263 e. The number of hydrogen-bond acceptors (Lipinski definition) is 7. The van der Waals surface area contributed by atoms with Crippen molar-refractivity contribution in [1.82, 2.24) is 20.3 Å². The van der Waals surface area contributed by atoms with Gasteiger partial charge in [-0.3, -0.25) is 14.4 Å². The molecule has 12 heteroatoms. The Labute approximate surface area is 266 Å². The summed E-state index contributed by atoms with van der Waals surface area (Å²) in [6.45, 7) is 9.31. The highest BCUT2D eigenvalue weighted by atomic mass is 32.2. The van der Waals surface area contributed by atoms with Gasteiger partial charge in [0.1, 0.15) is 23.7 Å². The highest BCUT2D eigenvalue weighted by Crippen LogP contribution is 2.13. The Morgan fingerprint density at radius 3 is 2.07 bits per heavy atom. The number of hydrogen-bond donors (Lipinski definition) is 4. The minimum atomic E-state index is -4.16. The number of benzene rings is 2. The van der Waals surface area contributed by atoms with E-state index in [1.54, 1.807) is 25.3 Å². The molecule has 11 nitrogen and oxygen atoms in total. The molecule has 0 aromatic heterocycles. The number of aliphatic hydroxyl groups excluding tert-OH is 1. The van der Waals surface area contributed by atoms with Crippen LogP contribution in [0.15, 0.2) is 65.1 Å². The lowest BCUT2D eigenvalue weighted by atomic mass is 10.1. The average molecular weight is 640 g/mol. The number of aryl methyl sites for hydroxylation is 2. The van der Waals surface area contributed by atoms with Crippen molar-refractivity contribution in [1.29, 1.82) is 5.26 Å². The van der Waals surface area contributed by atoms with Crippen LogP contribution in [0.5, 0.6) is 0 Å². The molecule has 0 unspecified atom stereocenters. The van der Waals surface area contributed by atoms with Crippen LogP contribution in [0.1, 0.15) is 56.7 Å². The summed E-state index contributed by atoms with van der Waals surface area (Å²) in [6, 6.07) is 12.9. The van der Waals surface area contributed by atoms with Gasteiger partial charge >= 0.3 is 0 Å². The van der Waals surface area contributed by atoms with E-state index in [1.807, 2.05) is 58.0 Å². The van der Waals surface area contributed by atoms with Crippen molar-refractivity contribution in [2.45, 2.75) is 83.5 Å². The van der Waals surface area contributed by atoms with Gasteiger partial charge in [-0.25, -0.2) is 8.42 Å². The highest BCUT2D eigenvalue weighted by molar-refractivity contribution is 7.89. The van der Waals surface area contributed by atoms with Crippen molar-refractivity contribution in [3.8, 4) is 6.07 Å². The van der Waals surface area contributed by atoms with Gasteiger partial charge in [-0.1, -0.05) is 67.4 Å². The van der Waals surface area contributed by atoms with E-state index >= 15 is 0 Å². The van der Waals surface area contributed by atoms with Crippen LogP contribution in [-0.4, -0.2) is 67.9 Å². The predicted octanol–water partition coefficient (Wildman–Crippen LogP) is 2.87. The fourth-order valence-corrected chi connectivity index (χ4v) is 5.64. The number of nitrogens with one attached hydrogen (secondary N) is 3. The van der Waals surface area contributed by atoms with Gasteiger partial charge in [0.25, 0.3) is 5.91 Å². The Hall–Kier alpha value is -4.05. The Kier molecular flexibility index (Phi) is 14.4. The lowest BCUT2D eigenvalue weighted by Crippen LogP contribution is -2.56. The Morgan fingerprint density at radius 1 is 0.956 bits per heavy atom. The lowest BCUT2D eigenvalue weighted by Gasteiger charge is -2.25. The number of sulfonamides is 1. The molecule has 0 spiro atoms. The summed E-state index contributed by atoms with van der Waals surface area (Å²) in [5.74, 6) is -1.70. The van der Waals surface area contributed by atoms with Crippen molar-refractivity contribution in [3.63, 3.8) is 0 Å². The minimum absolute atomic E-state index is 0.0339. The fourth-order valence-electron chi connectivity index (χ4n) is 4.37. The normalized spacial score (nSPS) is 13.8. The summed E-state index contributed by atoms with van der Waals surface area (Å²) in [7, 11) is -2.57. The van der Waals surface area contributed by atoms with Crippen molar-refractivity contribution in [2.75, 3.05) is 13.6 Å². The van der Waals surface area contributed by atoms with Crippen LogP contribution in [0.4, 0.5) is 0 Å². The van der Waals surface area contributed by atoms with E-state index in [2.05, 4.69) is 15.4 Å². The van der Waals surface area contributed by atoms with E-state index in [1.165, 1.54) is 24.0 Å². The van der Waals surface area contributed by atoms with Gasteiger partial charge in [-0.05, 0) is 63.6 Å². The standard InChI is InChI=1S/C33H45N5O6S/c1-22(2)19-27(20-34)33(42)38(6)18-8-7-9-29(31(40)35-21-26-14-10-23(3)11-15-26)36-32(41)30(25(5)39)37-45(43,44)28-16-12-24(4)13-17-28/h10-17,19,22,25,29-30,37,39H,7-9,18,21H2,1-6H3,(H,35,40)(H,36,41)/t25-,29+,30+/m1/s1. The summed E-state index contributed by atoms with van der Waals surface area (Å²) < 4.78 is 28.2. The zero-order valence-electron chi connectivity index (χ0n) is 26.8. The molecule has 0 fully saturated rings. The van der Waals surface area contributed by atoms with E-state index < -0.39 is 45.9 Å². The Morgan fingerprint density at radius 2 is 1.53 bits per heavy atom. The van der Waals surface area contributed by atoms with E-state index in [0.29, 0.717) is 19.4 Å². The number of nitrogens with zero attached hydrogens (tertiary/aromatic N) is 2. The number of amides is 3. The first-order chi connectivity index (χ1) is 21.1. The first-order valence-electron chi connectivity index (χ1n) is 14.9. The highest BCUT2D eigenvalue weighted by Gasteiger charge is 2.32. The zero-order chi connectivity index (χ0) is 33.7. The number of nitriles is 1. The molecule has 0 radical (unpaired) electrons. The van der Waals surface area contributed by atoms with Crippen LogP contribution in [0, 0.1) is 31.1 Å². The van der Waals surface area contributed by atoms with E-state index in [0.717, 1.165) is 16.7 Å². The molecule has 2 rings (SSSR count). The second kappa shape index (κ2) is 17.4. The number of likely N-dealkylation sites (N-methyl/N-ethyl adjacent to an activating group) is 1. The van der Waals surface area contributed by atoms with Crippen LogP contribution >= 0.6 is 0 Å². The molecule has 0 aliphatic carbocycles. The molecule has 4 N–H and O–H groups in total. The van der Waals surface area contributed by atoms with Crippen LogP contribution in [0.2, 0.25) is 0 Å². The number of unbranched alkanes of at least 4 members (excludes halogenated alkanes) is 1. The van der Waals surface area contributed by atoms with Gasteiger partial charge in [0.2, 0.25) is 21.8 Å². The quantitative estimate of drug-likeness (QED) is 0.124. The van der Waals surface area contributed by atoms with Crippen LogP contribution in [0.25, 0.3) is 0 Å². The third-order valence-corrected chi connectivity index (χ3v) is 8.49. The topological polar surface area (TPSA) is 169 Å². The number of carbonyl (C=O) groups excluding carboxylic acids is 3. The summed E-state index contributed by atoms with van der Waals surface area (Å²) in [5, 5.41) is 25.1. The summed E-state index contributed by atoms with van der Waals surface area (Å²) in [6.07, 6.45) is 1.27. The van der Waals surface area contributed by atoms with Gasteiger partial charge < -0.3 is 20.6 Å². The van der Waals surface area contributed by atoms with Crippen molar-refractivity contribution in [2.24, 2.45) is 5.92 Å². The Balaban J connectivity index is 2.15. The molecular weight excluding hydrogens is 594 g/mol. The van der Waals surface area contributed by atoms with Crippen LogP contribution < -0.4 is 15.4 Å². The maximum absolute atomic E-state index is 13.3. The smallest absolute Gasteiger partial charge is 0.263 e. The number of rotatable bonds is 16. The SMILES string of the molecule is Cc1ccc(CNC(=O)[C@H](CCCCN(C)C(=O)C(C#N)=CC(C)C)NC(=O)[C@@H](NS(=O)(=O)c2ccc(C)cc2)[C@@H](C)O)cc1. The molecule has 0 heterocycles. The van der Waals surface area contributed by atoms with Gasteiger partial charge in [0.15, 0.2) is 0 Å². The van der Waals surface area contributed by atoms with Crippen LogP contribution in [-0.2, 0) is 31.0 Å². The second-order valence-corrected chi connectivity index (χ2v) is 13.3. The lowest BCUT2D eigenvalue weighted by molar-refractivity contribution is -0.131. The Bertz CT molecular complexity index is 1480. The van der Waals surface area contributed by atoms with E-state index in [4.69, 9.17) is 0 Å².